The van der Waals surface area contributed by atoms with Crippen LogP contribution in [0.25, 0.3) is 0 Å². The maximum Gasteiger partial charge on any atom is 0.270 e. The normalized spacial score (nSPS) is 12.2. The van der Waals surface area contributed by atoms with Crippen molar-refractivity contribution >= 4 is 21.8 Å². The number of carbonyl (C=O) groups is 1. The molecule has 17 heavy (non-hydrogen) atoms. The number of alkyl halides is 1. The van der Waals surface area contributed by atoms with E-state index >= 15 is 0 Å². The van der Waals surface area contributed by atoms with E-state index in [1.807, 2.05) is 19.1 Å². The van der Waals surface area contributed by atoms with Crippen LogP contribution in [0.2, 0.25) is 0 Å². The number of hydrogen-bond donors (Lipinski definition) is 1. The fourth-order valence-corrected chi connectivity index (χ4v) is 2.06. The molecule has 0 saturated carbocycles. The van der Waals surface area contributed by atoms with Gasteiger partial charge in [-0.25, -0.2) is 0 Å². The minimum Gasteiger partial charge on any atom is -0.383 e. The number of ether oxygens (including phenoxy) is 1. The van der Waals surface area contributed by atoms with Gasteiger partial charge in [0.15, 0.2) is 0 Å². The van der Waals surface area contributed by atoms with Crippen LogP contribution in [0, 0.1) is 6.92 Å². The molecule has 1 heterocycles. The van der Waals surface area contributed by atoms with Crippen LogP contribution < -0.4 is 5.32 Å². The molecule has 0 aliphatic heterocycles. The van der Waals surface area contributed by atoms with E-state index in [9.17, 15) is 4.79 Å². The number of aryl methyl sites for hydroxylation is 1. The highest BCUT2D eigenvalue weighted by Crippen LogP contribution is 2.05. The van der Waals surface area contributed by atoms with Crippen molar-refractivity contribution in [3.8, 4) is 0 Å². The number of nitrogens with zero attached hydrogens (tertiary/aromatic N) is 1. The molecule has 0 bridgehead atoms. The standard InChI is InChI=1S/C12H17BrN2O2/c1-9-4-3-7-14-11(9)12(16)15-10(5-6-13)8-17-2/h3-4,7,10H,5-6,8H2,1-2H3,(H,15,16). The lowest BCUT2D eigenvalue weighted by molar-refractivity contribution is 0.0890. The topological polar surface area (TPSA) is 51.2 Å². The van der Waals surface area contributed by atoms with Crippen molar-refractivity contribution in [2.24, 2.45) is 0 Å². The zero-order valence-electron chi connectivity index (χ0n) is 10.1. The summed E-state index contributed by atoms with van der Waals surface area (Å²) in [5, 5.41) is 3.74. The van der Waals surface area contributed by atoms with Crippen molar-refractivity contribution in [3.05, 3.63) is 29.6 Å². The largest absolute Gasteiger partial charge is 0.383 e. The molecule has 0 saturated heterocycles. The fraction of sp³-hybridized carbons (Fsp3) is 0.500. The third-order valence-corrected chi connectivity index (χ3v) is 2.84. The summed E-state index contributed by atoms with van der Waals surface area (Å²) in [7, 11) is 1.62. The van der Waals surface area contributed by atoms with Crippen molar-refractivity contribution in [1.29, 1.82) is 0 Å². The van der Waals surface area contributed by atoms with Gasteiger partial charge in [0.1, 0.15) is 5.69 Å². The van der Waals surface area contributed by atoms with E-state index < -0.39 is 0 Å². The van der Waals surface area contributed by atoms with Crippen LogP contribution in [0.5, 0.6) is 0 Å². The lowest BCUT2D eigenvalue weighted by atomic mass is 10.2. The fourth-order valence-electron chi connectivity index (χ4n) is 1.51. The third kappa shape index (κ3) is 4.44. The van der Waals surface area contributed by atoms with E-state index in [0.29, 0.717) is 12.3 Å². The first-order valence-electron chi connectivity index (χ1n) is 5.46. The number of hydrogen-bond acceptors (Lipinski definition) is 3. The Morgan fingerprint density at radius 2 is 2.41 bits per heavy atom. The number of pyridine rings is 1. The second-order valence-electron chi connectivity index (χ2n) is 3.77. The van der Waals surface area contributed by atoms with Gasteiger partial charge in [-0.15, -0.1) is 0 Å². The molecule has 5 heteroatoms. The van der Waals surface area contributed by atoms with Gasteiger partial charge in [0.25, 0.3) is 5.91 Å². The number of amides is 1. The summed E-state index contributed by atoms with van der Waals surface area (Å²) in [4.78, 5) is 16.1. The molecule has 0 aliphatic carbocycles. The highest BCUT2D eigenvalue weighted by molar-refractivity contribution is 9.09. The van der Waals surface area contributed by atoms with Crippen LogP contribution in [0.4, 0.5) is 0 Å². The quantitative estimate of drug-likeness (QED) is 0.817. The van der Waals surface area contributed by atoms with E-state index in [1.165, 1.54) is 0 Å². The Morgan fingerprint density at radius 3 is 3.00 bits per heavy atom. The summed E-state index contributed by atoms with van der Waals surface area (Å²) in [6, 6.07) is 3.70. The predicted molar refractivity (Wildman–Crippen MR) is 70.5 cm³/mol. The summed E-state index contributed by atoms with van der Waals surface area (Å²) in [5.41, 5.74) is 1.35. The first-order valence-corrected chi connectivity index (χ1v) is 6.58. The van der Waals surface area contributed by atoms with Gasteiger partial charge < -0.3 is 10.1 Å². The Hall–Kier alpha value is -0.940. The molecule has 1 aromatic rings. The average molecular weight is 301 g/mol. The maximum absolute atomic E-state index is 12.0. The summed E-state index contributed by atoms with van der Waals surface area (Å²) in [5.74, 6) is -0.147. The molecule has 0 spiro atoms. The summed E-state index contributed by atoms with van der Waals surface area (Å²) < 4.78 is 5.07. The molecule has 1 unspecified atom stereocenters. The molecule has 1 atom stereocenters. The van der Waals surface area contributed by atoms with Gasteiger partial charge in [-0.1, -0.05) is 22.0 Å². The van der Waals surface area contributed by atoms with Crippen molar-refractivity contribution in [3.63, 3.8) is 0 Å². The van der Waals surface area contributed by atoms with E-state index in [-0.39, 0.29) is 11.9 Å². The molecular formula is C12H17BrN2O2. The van der Waals surface area contributed by atoms with Gasteiger partial charge in [0, 0.05) is 18.6 Å². The molecule has 0 aliphatic rings. The molecule has 94 valence electrons. The van der Waals surface area contributed by atoms with Gasteiger partial charge in [-0.05, 0) is 25.0 Å². The predicted octanol–water partition coefficient (Wildman–Crippen LogP) is 1.92. The number of carbonyl (C=O) groups excluding carboxylic acids is 1. The first kappa shape index (κ1) is 14.1. The SMILES string of the molecule is COCC(CCBr)NC(=O)c1ncccc1C. The van der Waals surface area contributed by atoms with Gasteiger partial charge in [0.2, 0.25) is 0 Å². The molecule has 0 fully saturated rings. The first-order chi connectivity index (χ1) is 8.19. The van der Waals surface area contributed by atoms with Crippen LogP contribution in [0.3, 0.4) is 0 Å². The molecule has 1 aromatic heterocycles. The van der Waals surface area contributed by atoms with Crippen molar-refractivity contribution in [1.82, 2.24) is 10.3 Å². The molecule has 4 nitrogen and oxygen atoms in total. The van der Waals surface area contributed by atoms with Crippen molar-refractivity contribution in [2.45, 2.75) is 19.4 Å². The average Bonchev–Trinajstić information content (AvgIpc) is 2.30. The second-order valence-corrected chi connectivity index (χ2v) is 4.57. The monoisotopic (exact) mass is 300 g/mol. The van der Waals surface area contributed by atoms with Crippen LogP contribution in [0.1, 0.15) is 22.5 Å². The van der Waals surface area contributed by atoms with Gasteiger partial charge in [0.05, 0.1) is 12.6 Å². The highest BCUT2D eigenvalue weighted by Gasteiger charge is 2.15. The summed E-state index contributed by atoms with van der Waals surface area (Å²) in [6.07, 6.45) is 2.45. The highest BCUT2D eigenvalue weighted by atomic mass is 79.9. The smallest absolute Gasteiger partial charge is 0.270 e. The van der Waals surface area contributed by atoms with Crippen LogP contribution >= 0.6 is 15.9 Å². The molecule has 1 N–H and O–H groups in total. The molecule has 1 amide bonds. The minimum atomic E-state index is -0.147. The van der Waals surface area contributed by atoms with E-state index in [2.05, 4.69) is 26.2 Å². The van der Waals surface area contributed by atoms with Crippen LogP contribution in [-0.2, 0) is 4.74 Å². The lowest BCUT2D eigenvalue weighted by Crippen LogP contribution is -2.39. The van der Waals surface area contributed by atoms with E-state index in [0.717, 1.165) is 17.3 Å². The van der Waals surface area contributed by atoms with Gasteiger partial charge in [-0.3, -0.25) is 9.78 Å². The number of nitrogens with one attached hydrogen (secondary N) is 1. The van der Waals surface area contributed by atoms with Crippen molar-refractivity contribution in [2.75, 3.05) is 19.0 Å². The Balaban J connectivity index is 2.67. The minimum absolute atomic E-state index is 0.00767. The van der Waals surface area contributed by atoms with Gasteiger partial charge in [-0.2, -0.15) is 0 Å². The maximum atomic E-state index is 12.0. The molecule has 1 rings (SSSR count). The second kappa shape index (κ2) is 7.40. The third-order valence-electron chi connectivity index (χ3n) is 2.39. The summed E-state index contributed by atoms with van der Waals surface area (Å²) >= 11 is 3.36. The molecular weight excluding hydrogens is 284 g/mol. The number of halogens is 1. The summed E-state index contributed by atoms with van der Waals surface area (Å²) in [6.45, 7) is 2.38. The van der Waals surface area contributed by atoms with Crippen LogP contribution in [-0.4, -0.2) is 36.0 Å². The van der Waals surface area contributed by atoms with Gasteiger partial charge >= 0.3 is 0 Å². The van der Waals surface area contributed by atoms with E-state index in [4.69, 9.17) is 4.74 Å². The molecule has 0 aromatic carbocycles. The number of methoxy groups -OCH3 is 1. The Labute approximate surface area is 110 Å². The zero-order valence-corrected chi connectivity index (χ0v) is 11.7. The Kier molecular flexibility index (Phi) is 6.15. The molecule has 0 radical (unpaired) electrons. The number of rotatable bonds is 6. The Morgan fingerprint density at radius 1 is 1.65 bits per heavy atom. The lowest BCUT2D eigenvalue weighted by Gasteiger charge is -2.17. The Bertz CT molecular complexity index is 365. The zero-order chi connectivity index (χ0) is 12.7. The van der Waals surface area contributed by atoms with Crippen molar-refractivity contribution < 1.29 is 9.53 Å². The number of aromatic nitrogens is 1. The van der Waals surface area contributed by atoms with E-state index in [1.54, 1.807) is 13.3 Å². The van der Waals surface area contributed by atoms with Crippen LogP contribution in [0.15, 0.2) is 18.3 Å².